The Morgan fingerprint density at radius 3 is 2.86 bits per heavy atom. The Hall–Kier alpha value is -2.83. The van der Waals surface area contributed by atoms with E-state index in [-0.39, 0.29) is 11.6 Å². The van der Waals surface area contributed by atoms with E-state index in [0.717, 1.165) is 5.56 Å². The molecule has 0 unspecified atom stereocenters. The molecule has 0 fully saturated rings. The maximum absolute atomic E-state index is 11.7. The summed E-state index contributed by atoms with van der Waals surface area (Å²) in [5.41, 5.74) is 3.33. The molecule has 7 heteroatoms. The summed E-state index contributed by atoms with van der Waals surface area (Å²) in [5, 5.41) is 3.78. The van der Waals surface area contributed by atoms with E-state index in [1.807, 2.05) is 37.3 Å². The molecule has 110 valence electrons. The fourth-order valence-electron chi connectivity index (χ4n) is 1.53. The van der Waals surface area contributed by atoms with Crippen LogP contribution in [0.25, 0.3) is 11.5 Å². The van der Waals surface area contributed by atoms with E-state index in [2.05, 4.69) is 20.2 Å². The van der Waals surface area contributed by atoms with Crippen molar-refractivity contribution in [3.63, 3.8) is 0 Å². The Morgan fingerprint density at radius 2 is 2.19 bits per heavy atom. The number of carbonyl (C=O) groups excluding carboxylic acids is 1. The Labute approximate surface area is 121 Å². The summed E-state index contributed by atoms with van der Waals surface area (Å²) >= 11 is 0. The summed E-state index contributed by atoms with van der Waals surface area (Å²) in [6, 6.07) is 9.20. The van der Waals surface area contributed by atoms with Crippen molar-refractivity contribution in [1.29, 1.82) is 0 Å². The molecular formula is C14H15N3O4. The quantitative estimate of drug-likeness (QED) is 0.380. The lowest BCUT2D eigenvalue weighted by Gasteiger charge is -1.97. The van der Waals surface area contributed by atoms with Gasteiger partial charge in [0.15, 0.2) is 6.40 Å². The maximum Gasteiger partial charge on any atom is 0.362 e. The number of rotatable bonds is 6. The van der Waals surface area contributed by atoms with E-state index in [1.54, 1.807) is 0 Å². The molecule has 0 aliphatic rings. The highest BCUT2D eigenvalue weighted by molar-refractivity contribution is 5.92. The number of benzene rings is 1. The number of nitrogens with one attached hydrogen (secondary N) is 1. The van der Waals surface area contributed by atoms with Crippen molar-refractivity contribution in [2.45, 2.75) is 6.92 Å². The van der Waals surface area contributed by atoms with E-state index in [4.69, 9.17) is 9.15 Å². The van der Waals surface area contributed by atoms with Crippen LogP contribution in [0.15, 0.2) is 39.9 Å². The summed E-state index contributed by atoms with van der Waals surface area (Å²) < 4.78 is 15.1. The third kappa shape index (κ3) is 3.59. The van der Waals surface area contributed by atoms with Gasteiger partial charge in [0.2, 0.25) is 17.5 Å². The SMILES string of the molecule is CCO/C=N/Nc1oc(-c2ccccc2)nc1C(=O)OC. The second-order valence-corrected chi connectivity index (χ2v) is 3.86. The molecule has 1 aromatic heterocycles. The van der Waals surface area contributed by atoms with Crippen LogP contribution in [0.3, 0.4) is 0 Å². The summed E-state index contributed by atoms with van der Waals surface area (Å²) in [6.07, 6.45) is 1.21. The first-order valence-corrected chi connectivity index (χ1v) is 6.30. The zero-order valence-corrected chi connectivity index (χ0v) is 11.7. The molecule has 2 aromatic rings. The highest BCUT2D eigenvalue weighted by Crippen LogP contribution is 2.25. The molecule has 21 heavy (non-hydrogen) atoms. The van der Waals surface area contributed by atoms with Crippen molar-refractivity contribution < 1.29 is 18.7 Å². The summed E-state index contributed by atoms with van der Waals surface area (Å²) in [6.45, 7) is 2.31. The smallest absolute Gasteiger partial charge is 0.362 e. The van der Waals surface area contributed by atoms with Gasteiger partial charge in [0, 0.05) is 5.56 Å². The number of hydrogen-bond acceptors (Lipinski definition) is 7. The standard InChI is InChI=1S/C14H15N3O4/c1-3-20-9-15-17-13-11(14(18)19-2)16-12(21-13)10-7-5-4-6-8-10/h4-9,17H,3H2,1-2H3/b15-9+. The van der Waals surface area contributed by atoms with Crippen molar-refractivity contribution >= 4 is 18.3 Å². The second-order valence-electron chi connectivity index (χ2n) is 3.86. The molecule has 1 N–H and O–H groups in total. The predicted octanol–water partition coefficient (Wildman–Crippen LogP) is 2.52. The van der Waals surface area contributed by atoms with Crippen LogP contribution in [0.5, 0.6) is 0 Å². The molecule has 0 spiro atoms. The maximum atomic E-state index is 11.7. The van der Waals surface area contributed by atoms with Crippen LogP contribution in [-0.4, -0.2) is 31.1 Å². The average Bonchev–Trinajstić information content (AvgIpc) is 2.96. The van der Waals surface area contributed by atoms with Gasteiger partial charge in [-0.3, -0.25) is 0 Å². The molecular weight excluding hydrogens is 274 g/mol. The number of hydrazone groups is 1. The van der Waals surface area contributed by atoms with Crippen molar-refractivity contribution in [3.8, 4) is 11.5 Å². The first-order valence-electron chi connectivity index (χ1n) is 6.30. The Morgan fingerprint density at radius 1 is 1.43 bits per heavy atom. The molecule has 0 saturated carbocycles. The van der Waals surface area contributed by atoms with Gasteiger partial charge in [-0.25, -0.2) is 10.2 Å². The van der Waals surface area contributed by atoms with Gasteiger partial charge < -0.3 is 13.9 Å². The number of methoxy groups -OCH3 is 1. The minimum Gasteiger partial charge on any atom is -0.482 e. The lowest BCUT2D eigenvalue weighted by atomic mass is 10.2. The number of nitrogens with zero attached hydrogens (tertiary/aromatic N) is 2. The highest BCUT2D eigenvalue weighted by atomic mass is 16.5. The van der Waals surface area contributed by atoms with E-state index < -0.39 is 5.97 Å². The first-order chi connectivity index (χ1) is 10.3. The van der Waals surface area contributed by atoms with Gasteiger partial charge in [0.25, 0.3) is 0 Å². The molecule has 0 atom stereocenters. The molecule has 0 amide bonds. The zero-order chi connectivity index (χ0) is 15.1. The molecule has 0 radical (unpaired) electrons. The van der Waals surface area contributed by atoms with Gasteiger partial charge in [-0.15, -0.1) is 5.10 Å². The van der Waals surface area contributed by atoms with Crippen molar-refractivity contribution in [2.75, 3.05) is 19.1 Å². The number of ether oxygens (including phenoxy) is 2. The van der Waals surface area contributed by atoms with Crippen LogP contribution in [-0.2, 0) is 9.47 Å². The minimum absolute atomic E-state index is 0.0185. The normalized spacial score (nSPS) is 10.6. The Kier molecular flexibility index (Phi) is 4.92. The number of carbonyl (C=O) groups is 1. The molecule has 0 saturated heterocycles. The lowest BCUT2D eigenvalue weighted by Crippen LogP contribution is -2.05. The largest absolute Gasteiger partial charge is 0.482 e. The Balaban J connectivity index is 2.29. The monoisotopic (exact) mass is 289 g/mol. The number of esters is 1. The van der Waals surface area contributed by atoms with Crippen LogP contribution in [0.2, 0.25) is 0 Å². The van der Waals surface area contributed by atoms with Gasteiger partial charge in [-0.2, -0.15) is 4.98 Å². The molecule has 0 bridgehead atoms. The third-order valence-electron chi connectivity index (χ3n) is 2.49. The van der Waals surface area contributed by atoms with Gasteiger partial charge >= 0.3 is 5.97 Å². The van der Waals surface area contributed by atoms with E-state index in [1.165, 1.54) is 13.5 Å². The van der Waals surface area contributed by atoms with E-state index >= 15 is 0 Å². The highest BCUT2D eigenvalue weighted by Gasteiger charge is 2.21. The molecule has 1 aromatic carbocycles. The fraction of sp³-hybridized carbons (Fsp3) is 0.214. The van der Waals surface area contributed by atoms with Crippen LogP contribution in [0.1, 0.15) is 17.4 Å². The zero-order valence-electron chi connectivity index (χ0n) is 11.7. The van der Waals surface area contributed by atoms with Crippen molar-refractivity contribution in [3.05, 3.63) is 36.0 Å². The molecule has 0 aliphatic carbocycles. The predicted molar refractivity (Wildman–Crippen MR) is 77.0 cm³/mol. The molecule has 2 rings (SSSR count). The molecule has 0 aliphatic heterocycles. The van der Waals surface area contributed by atoms with Gasteiger partial charge in [-0.05, 0) is 19.1 Å². The summed E-state index contributed by atoms with van der Waals surface area (Å²) in [5.74, 6) is -0.225. The van der Waals surface area contributed by atoms with Gasteiger partial charge in [0.05, 0.1) is 13.7 Å². The topological polar surface area (TPSA) is 86.0 Å². The average molecular weight is 289 g/mol. The number of aromatic nitrogens is 1. The van der Waals surface area contributed by atoms with Crippen LogP contribution in [0, 0.1) is 0 Å². The second kappa shape index (κ2) is 7.09. The van der Waals surface area contributed by atoms with Crippen molar-refractivity contribution in [1.82, 2.24) is 4.98 Å². The number of hydrogen-bond donors (Lipinski definition) is 1. The van der Waals surface area contributed by atoms with Crippen LogP contribution in [0.4, 0.5) is 5.88 Å². The summed E-state index contributed by atoms with van der Waals surface area (Å²) in [4.78, 5) is 15.8. The van der Waals surface area contributed by atoms with E-state index in [0.29, 0.717) is 12.5 Å². The third-order valence-corrected chi connectivity index (χ3v) is 2.49. The Bertz CT molecular complexity index is 622. The number of anilines is 1. The minimum atomic E-state index is -0.616. The summed E-state index contributed by atoms with van der Waals surface area (Å²) in [7, 11) is 1.27. The van der Waals surface area contributed by atoms with Gasteiger partial charge in [0.1, 0.15) is 0 Å². The van der Waals surface area contributed by atoms with Crippen LogP contribution < -0.4 is 5.43 Å². The van der Waals surface area contributed by atoms with Crippen molar-refractivity contribution in [2.24, 2.45) is 5.10 Å². The van der Waals surface area contributed by atoms with Crippen LogP contribution >= 0.6 is 0 Å². The lowest BCUT2D eigenvalue weighted by molar-refractivity contribution is 0.0595. The molecule has 1 heterocycles. The fourth-order valence-corrected chi connectivity index (χ4v) is 1.53. The molecule has 7 nitrogen and oxygen atoms in total. The van der Waals surface area contributed by atoms with E-state index in [9.17, 15) is 4.79 Å². The number of oxazole rings is 1. The van der Waals surface area contributed by atoms with Gasteiger partial charge in [-0.1, -0.05) is 18.2 Å². The first kappa shape index (κ1) is 14.6.